The Balaban J connectivity index is 1.24. The average Bonchev–Trinajstić information content (AvgIpc) is 3.60. The monoisotopic (exact) mass is 1150 g/mol. The average molecular weight is 1160 g/mol. The summed E-state index contributed by atoms with van der Waals surface area (Å²) in [6.45, 7) is 0.732. The van der Waals surface area contributed by atoms with Gasteiger partial charge in [0.05, 0.1) is 39.6 Å². The third-order valence-corrected chi connectivity index (χ3v) is 17.5. The molecule has 430 valence electrons. The minimum absolute atomic E-state index is 0.0611. The highest BCUT2D eigenvalue weighted by Crippen LogP contribution is 2.60. The minimum Gasteiger partial charge on any atom is -0.457 e. The predicted molar refractivity (Wildman–Crippen MR) is 306 cm³/mol. The smallest absolute Gasteiger partial charge is 0.457 e. The fourth-order valence-corrected chi connectivity index (χ4v) is 12.9. The number of benzene rings is 6. The Kier molecular flexibility index (Phi) is 26.5. The van der Waals surface area contributed by atoms with Crippen LogP contribution in [0.15, 0.2) is 182 Å². The number of esters is 1. The number of carbonyl (C=O) groups is 1. The van der Waals surface area contributed by atoms with Crippen LogP contribution >= 0.6 is 23.5 Å². The molecule has 6 aromatic carbocycles. The molecule has 0 heterocycles. The van der Waals surface area contributed by atoms with Gasteiger partial charge < -0.3 is 9.84 Å². The van der Waals surface area contributed by atoms with Gasteiger partial charge in [0, 0.05) is 12.8 Å². The molecule has 0 radical (unpaired) electrons. The van der Waals surface area contributed by atoms with Gasteiger partial charge in [0.15, 0.2) is 6.10 Å². The molecule has 0 aliphatic heterocycles. The lowest BCUT2D eigenvalue weighted by molar-refractivity contribution is -0.197. The van der Waals surface area contributed by atoms with E-state index in [0.29, 0.717) is 39.8 Å². The van der Waals surface area contributed by atoms with Gasteiger partial charge in [0.1, 0.15) is 24.4 Å². The van der Waals surface area contributed by atoms with Crippen molar-refractivity contribution in [3.8, 4) is 0 Å². The van der Waals surface area contributed by atoms with E-state index in [-0.39, 0.29) is 46.1 Å². The molecule has 18 heteroatoms. The Morgan fingerprint density at radius 3 is 0.975 bits per heavy atom. The first kappa shape index (κ1) is 62.7. The van der Waals surface area contributed by atoms with Crippen molar-refractivity contribution in [3.63, 3.8) is 0 Å². The molecule has 0 saturated heterocycles. The fraction of sp³-hybridized carbons (Fsp3) is 0.403. The summed E-state index contributed by atoms with van der Waals surface area (Å²) in [6, 6.07) is 53.7. The maximum atomic E-state index is 15.4. The number of rotatable bonds is 37. The van der Waals surface area contributed by atoms with E-state index in [4.69, 9.17) is 45.5 Å². The molecule has 1 aliphatic rings. The molecule has 1 aliphatic carbocycles. The van der Waals surface area contributed by atoms with Gasteiger partial charge in [-0.3, -0.25) is 45.5 Å². The molecule has 80 heavy (non-hydrogen) atoms. The molecular weight excluding hydrogens is 1080 g/mol. The molecule has 5 atom stereocenters. The number of hydrogen-bond acceptors (Lipinski definition) is 15. The lowest BCUT2D eigenvalue weighted by atomic mass is 9.87. The second-order valence-electron chi connectivity index (χ2n) is 19.7. The second-order valence-corrected chi connectivity index (χ2v) is 24.6. The molecule has 0 unspecified atom stereocenters. The fourth-order valence-electron chi connectivity index (χ4n) is 8.88. The third kappa shape index (κ3) is 22.1. The van der Waals surface area contributed by atoms with Crippen molar-refractivity contribution in [1.29, 1.82) is 0 Å². The zero-order chi connectivity index (χ0) is 56.1. The second kappa shape index (κ2) is 33.9. The van der Waals surface area contributed by atoms with Gasteiger partial charge in [-0.05, 0) is 39.8 Å². The summed E-state index contributed by atoms with van der Waals surface area (Å²) in [7, 11) is -14.4. The van der Waals surface area contributed by atoms with Crippen LogP contribution in [0.5, 0.6) is 0 Å². The number of phosphoric ester groups is 3. The summed E-state index contributed by atoms with van der Waals surface area (Å²) in [5.41, 5.74) is 3.77. The first-order valence-electron chi connectivity index (χ1n) is 27.8. The summed E-state index contributed by atoms with van der Waals surface area (Å²) in [5.74, 6) is -0.740. The molecular formula is C62H77O15P3. The lowest BCUT2D eigenvalue weighted by Crippen LogP contribution is -2.59. The van der Waals surface area contributed by atoms with Crippen LogP contribution in [0.3, 0.4) is 0 Å². The van der Waals surface area contributed by atoms with Gasteiger partial charge in [0.2, 0.25) is 0 Å². The highest BCUT2D eigenvalue weighted by Gasteiger charge is 2.55. The third-order valence-electron chi connectivity index (χ3n) is 13.3. The number of phosphoric acid groups is 3. The molecule has 0 amide bonds. The standard InChI is InChI=1S/C62H77O15P3/c1-2-3-4-5-6-7-8-9-10-11-30-43-59(63)74-62-60(64)57(75-78(65,68-45-51-31-18-12-19-32-51)69-46-52-33-20-13-21-34-52)44-58(76-79(66,70-47-53-35-22-14-23-36-53)71-48-54-37-24-15-25-38-54)61(62)77-80(67,72-49-55-39-26-16-27-40-55)73-50-56-41-28-17-29-42-56/h12-29,31-42,57-58,60-62,64H,2-11,30,43-50H2,1H3/t57-,58+,60-,61-,62-/m0/s1. The summed E-state index contributed by atoms with van der Waals surface area (Å²) in [6.07, 6.45) is 2.10. The predicted octanol–water partition coefficient (Wildman–Crippen LogP) is 16.1. The first-order chi connectivity index (χ1) is 39.0. The molecule has 1 saturated carbocycles. The molecule has 1 N–H and O–H groups in total. The van der Waals surface area contributed by atoms with E-state index < -0.39 is 66.4 Å². The first-order valence-corrected chi connectivity index (χ1v) is 32.2. The van der Waals surface area contributed by atoms with Crippen molar-refractivity contribution in [2.24, 2.45) is 0 Å². The molecule has 7 rings (SSSR count). The topological polar surface area (TPSA) is 181 Å². The normalized spacial score (nSPS) is 17.8. The summed E-state index contributed by atoms with van der Waals surface area (Å²) >= 11 is 0. The van der Waals surface area contributed by atoms with Crippen molar-refractivity contribution in [2.75, 3.05) is 0 Å². The molecule has 1 fully saturated rings. The highest BCUT2D eigenvalue weighted by molar-refractivity contribution is 7.49. The van der Waals surface area contributed by atoms with E-state index in [1.54, 1.807) is 146 Å². The van der Waals surface area contributed by atoms with Crippen molar-refractivity contribution >= 4 is 29.4 Å². The number of hydrogen-bond donors (Lipinski definition) is 1. The summed E-state index contributed by atoms with van der Waals surface area (Å²) in [4.78, 5) is 14.3. The highest BCUT2D eigenvalue weighted by atomic mass is 31.2. The van der Waals surface area contributed by atoms with Gasteiger partial charge in [-0.15, -0.1) is 0 Å². The Bertz CT molecular complexity index is 2660. The van der Waals surface area contributed by atoms with E-state index in [2.05, 4.69) is 6.92 Å². The van der Waals surface area contributed by atoms with E-state index >= 15 is 13.7 Å². The number of aliphatic hydroxyl groups excluding tert-OH is 1. The summed E-state index contributed by atoms with van der Waals surface area (Å²) in [5, 5.41) is 12.7. The van der Waals surface area contributed by atoms with Crippen LogP contribution in [-0.2, 0) is 104 Å². The van der Waals surface area contributed by atoms with Crippen LogP contribution in [0.2, 0.25) is 0 Å². The molecule has 15 nitrogen and oxygen atoms in total. The van der Waals surface area contributed by atoms with Gasteiger partial charge in [-0.25, -0.2) is 13.7 Å². The quantitative estimate of drug-likeness (QED) is 0.0221. The minimum atomic E-state index is -4.85. The van der Waals surface area contributed by atoms with Gasteiger partial charge in [-0.1, -0.05) is 253 Å². The maximum absolute atomic E-state index is 15.4. The van der Waals surface area contributed by atoms with Crippen molar-refractivity contribution < 1.29 is 69.0 Å². The largest absolute Gasteiger partial charge is 0.475 e. The van der Waals surface area contributed by atoms with Crippen molar-refractivity contribution in [3.05, 3.63) is 215 Å². The van der Waals surface area contributed by atoms with E-state index in [1.165, 1.54) is 32.1 Å². The Labute approximate surface area is 472 Å². The van der Waals surface area contributed by atoms with Crippen LogP contribution in [0.25, 0.3) is 0 Å². The van der Waals surface area contributed by atoms with Crippen LogP contribution in [0.4, 0.5) is 0 Å². The molecule has 0 aromatic heterocycles. The molecule has 6 aromatic rings. The van der Waals surface area contributed by atoms with E-state index in [0.717, 1.165) is 32.1 Å². The zero-order valence-electron chi connectivity index (χ0n) is 45.6. The van der Waals surface area contributed by atoms with Gasteiger partial charge in [-0.2, -0.15) is 0 Å². The Hall–Kier alpha value is -4.92. The van der Waals surface area contributed by atoms with E-state index in [9.17, 15) is 9.90 Å². The Morgan fingerprint density at radius 1 is 0.388 bits per heavy atom. The van der Waals surface area contributed by atoms with E-state index in [1.807, 2.05) is 36.4 Å². The number of carbonyl (C=O) groups excluding carboxylic acids is 1. The van der Waals surface area contributed by atoms with Crippen molar-refractivity contribution in [1.82, 2.24) is 0 Å². The molecule has 0 spiro atoms. The van der Waals surface area contributed by atoms with Crippen LogP contribution in [-0.4, -0.2) is 41.6 Å². The van der Waals surface area contributed by atoms with Gasteiger partial charge >= 0.3 is 29.4 Å². The van der Waals surface area contributed by atoms with Gasteiger partial charge in [0.25, 0.3) is 0 Å². The van der Waals surface area contributed by atoms with Crippen LogP contribution in [0, 0.1) is 0 Å². The molecule has 0 bridgehead atoms. The number of ether oxygens (including phenoxy) is 1. The zero-order valence-corrected chi connectivity index (χ0v) is 48.3. The lowest BCUT2D eigenvalue weighted by Gasteiger charge is -2.44. The maximum Gasteiger partial charge on any atom is 0.475 e. The Morgan fingerprint density at radius 2 is 0.662 bits per heavy atom. The summed E-state index contributed by atoms with van der Waals surface area (Å²) < 4.78 is 108. The van der Waals surface area contributed by atoms with Crippen molar-refractivity contribution in [2.45, 2.75) is 161 Å². The number of aliphatic hydroxyl groups is 1. The van der Waals surface area contributed by atoms with Crippen LogP contribution < -0.4 is 0 Å². The number of unbranched alkanes of at least 4 members (excludes halogenated alkanes) is 10. The SMILES string of the molecule is CCCCCCCCCCCCCC(=O)O[C@H]1[C@@H](O)[C@@H](OP(=O)(OCc2ccccc2)OCc2ccccc2)C[C@@H](OP(=O)(OCc2ccccc2)OCc2ccccc2)[C@@H]1OP(=O)(OCc1ccccc1)OCc1ccccc1. The van der Waals surface area contributed by atoms with Crippen LogP contribution in [0.1, 0.15) is 124 Å².